The first kappa shape index (κ1) is 15.0. The molecule has 1 amide bonds. The number of para-hydroxylation sites is 1. The molecule has 0 spiro atoms. The van der Waals surface area contributed by atoms with Crippen LogP contribution in [-0.4, -0.2) is 5.91 Å². The average Bonchev–Trinajstić information content (AvgIpc) is 2.38. The van der Waals surface area contributed by atoms with Gasteiger partial charge in [0.05, 0.1) is 0 Å². The summed E-state index contributed by atoms with van der Waals surface area (Å²) in [5, 5.41) is 3.10. The first-order valence-electron chi connectivity index (χ1n) is 7.57. The molecule has 2 rings (SSSR count). The first-order chi connectivity index (χ1) is 9.42. The van der Waals surface area contributed by atoms with Crippen molar-refractivity contribution in [3.8, 4) is 0 Å². The Hall–Kier alpha value is -1.35. The summed E-state index contributed by atoms with van der Waals surface area (Å²) in [6.45, 7) is 6.34. The Kier molecular flexibility index (Phi) is 4.48. The normalized spacial score (nSPS) is 23.1. The van der Waals surface area contributed by atoms with Crippen LogP contribution in [0, 0.1) is 11.3 Å². The van der Waals surface area contributed by atoms with Gasteiger partial charge in [-0.05, 0) is 36.8 Å². The second-order valence-electron chi connectivity index (χ2n) is 6.65. The molecule has 1 aliphatic rings. The Bertz CT molecular complexity index is 480. The van der Waals surface area contributed by atoms with Gasteiger partial charge in [-0.25, -0.2) is 0 Å². The maximum Gasteiger partial charge on any atom is 0.228 e. The summed E-state index contributed by atoms with van der Waals surface area (Å²) in [5.74, 6) is 0.236. The smallest absolute Gasteiger partial charge is 0.228 e. The number of carbonyl (C=O) groups is 1. The number of nitrogens with two attached hydrogens (primary N) is 1. The van der Waals surface area contributed by atoms with Gasteiger partial charge >= 0.3 is 0 Å². The van der Waals surface area contributed by atoms with Crippen molar-refractivity contribution in [2.45, 2.75) is 52.5 Å². The summed E-state index contributed by atoms with van der Waals surface area (Å²) < 4.78 is 0. The van der Waals surface area contributed by atoms with Crippen molar-refractivity contribution in [2.24, 2.45) is 17.1 Å². The third kappa shape index (κ3) is 3.21. The third-order valence-corrected chi connectivity index (χ3v) is 4.53. The van der Waals surface area contributed by atoms with E-state index in [0.29, 0.717) is 0 Å². The summed E-state index contributed by atoms with van der Waals surface area (Å²) in [4.78, 5) is 12.6. The van der Waals surface area contributed by atoms with E-state index in [0.717, 1.165) is 30.5 Å². The Labute approximate surface area is 121 Å². The lowest BCUT2D eigenvalue weighted by atomic mass is 9.68. The average molecular weight is 274 g/mol. The van der Waals surface area contributed by atoms with Crippen LogP contribution in [-0.2, 0) is 4.79 Å². The van der Waals surface area contributed by atoms with E-state index in [2.05, 4.69) is 19.2 Å². The summed E-state index contributed by atoms with van der Waals surface area (Å²) in [6.07, 6.45) is 4.49. The van der Waals surface area contributed by atoms with E-state index in [1.807, 2.05) is 31.2 Å². The first-order valence-corrected chi connectivity index (χ1v) is 7.57. The molecule has 0 heterocycles. The Morgan fingerprint density at radius 2 is 2.05 bits per heavy atom. The molecular formula is C17H26N2O. The van der Waals surface area contributed by atoms with Gasteiger partial charge in [-0.2, -0.15) is 0 Å². The summed E-state index contributed by atoms with van der Waals surface area (Å²) in [5.41, 5.74) is 7.91. The van der Waals surface area contributed by atoms with E-state index in [9.17, 15) is 4.79 Å². The number of anilines is 1. The van der Waals surface area contributed by atoms with Crippen molar-refractivity contribution >= 4 is 11.6 Å². The van der Waals surface area contributed by atoms with E-state index < -0.39 is 0 Å². The lowest BCUT2D eigenvalue weighted by molar-refractivity contribution is -0.124. The number of rotatable bonds is 3. The largest absolute Gasteiger partial charge is 0.326 e. The molecule has 0 bridgehead atoms. The fourth-order valence-corrected chi connectivity index (χ4v) is 3.21. The van der Waals surface area contributed by atoms with Gasteiger partial charge in [0, 0.05) is 17.6 Å². The van der Waals surface area contributed by atoms with Gasteiger partial charge in [-0.1, -0.05) is 44.9 Å². The molecule has 0 aromatic heterocycles. The van der Waals surface area contributed by atoms with Crippen LogP contribution in [0.4, 0.5) is 5.69 Å². The highest BCUT2D eigenvalue weighted by Crippen LogP contribution is 2.41. The van der Waals surface area contributed by atoms with Crippen LogP contribution in [0.1, 0.15) is 58.1 Å². The topological polar surface area (TPSA) is 55.1 Å². The fraction of sp³-hybridized carbons (Fsp3) is 0.588. The minimum Gasteiger partial charge on any atom is -0.326 e. The Morgan fingerprint density at radius 1 is 1.35 bits per heavy atom. The van der Waals surface area contributed by atoms with Crippen molar-refractivity contribution in [3.63, 3.8) is 0 Å². The highest BCUT2D eigenvalue weighted by molar-refractivity contribution is 5.93. The number of hydrogen-bond donors (Lipinski definition) is 2. The van der Waals surface area contributed by atoms with E-state index in [-0.39, 0.29) is 23.3 Å². The van der Waals surface area contributed by atoms with Crippen LogP contribution >= 0.6 is 0 Å². The molecule has 0 radical (unpaired) electrons. The Morgan fingerprint density at radius 3 is 2.70 bits per heavy atom. The molecule has 1 aromatic carbocycles. The number of hydrogen-bond acceptors (Lipinski definition) is 2. The van der Waals surface area contributed by atoms with Gasteiger partial charge in [0.15, 0.2) is 0 Å². The lowest BCUT2D eigenvalue weighted by Crippen LogP contribution is -2.37. The standard InChI is InChI=1S/C17H26N2O/c1-12(18)13-8-4-5-10-15(13)19-16(20)14-9-6-7-11-17(14,2)3/h4-5,8,10,12,14H,6-7,9,11,18H2,1-3H3,(H,19,20). The molecular weight excluding hydrogens is 248 g/mol. The quantitative estimate of drug-likeness (QED) is 0.879. The monoisotopic (exact) mass is 274 g/mol. The zero-order chi connectivity index (χ0) is 14.8. The zero-order valence-electron chi connectivity index (χ0n) is 12.8. The number of amides is 1. The van der Waals surface area contributed by atoms with E-state index in [4.69, 9.17) is 5.73 Å². The number of carbonyl (C=O) groups excluding carboxylic acids is 1. The predicted molar refractivity (Wildman–Crippen MR) is 83.4 cm³/mol. The van der Waals surface area contributed by atoms with Crippen LogP contribution < -0.4 is 11.1 Å². The third-order valence-electron chi connectivity index (χ3n) is 4.53. The van der Waals surface area contributed by atoms with Crippen molar-refractivity contribution < 1.29 is 4.79 Å². The van der Waals surface area contributed by atoms with E-state index in [1.54, 1.807) is 0 Å². The van der Waals surface area contributed by atoms with Crippen molar-refractivity contribution in [2.75, 3.05) is 5.32 Å². The fourth-order valence-electron chi connectivity index (χ4n) is 3.21. The minimum atomic E-state index is -0.0779. The molecule has 1 aliphatic carbocycles. The summed E-state index contributed by atoms with van der Waals surface area (Å²) in [6, 6.07) is 7.73. The zero-order valence-corrected chi connectivity index (χ0v) is 12.8. The van der Waals surface area contributed by atoms with Gasteiger partial charge in [-0.3, -0.25) is 4.79 Å². The highest BCUT2D eigenvalue weighted by atomic mass is 16.1. The molecule has 1 aromatic rings. The molecule has 3 nitrogen and oxygen atoms in total. The predicted octanol–water partition coefficient (Wildman–Crippen LogP) is 3.86. The molecule has 1 saturated carbocycles. The molecule has 0 saturated heterocycles. The van der Waals surface area contributed by atoms with E-state index in [1.165, 1.54) is 6.42 Å². The highest BCUT2D eigenvalue weighted by Gasteiger charge is 2.37. The molecule has 3 N–H and O–H groups in total. The van der Waals surface area contributed by atoms with Crippen LogP contribution in [0.5, 0.6) is 0 Å². The minimum absolute atomic E-state index is 0.0779. The van der Waals surface area contributed by atoms with Gasteiger partial charge in [0.1, 0.15) is 0 Å². The second-order valence-corrected chi connectivity index (χ2v) is 6.65. The van der Waals surface area contributed by atoms with Gasteiger partial charge in [0.2, 0.25) is 5.91 Å². The number of nitrogens with one attached hydrogen (secondary N) is 1. The van der Waals surface area contributed by atoms with Gasteiger partial charge in [0.25, 0.3) is 0 Å². The van der Waals surface area contributed by atoms with Crippen LogP contribution in [0.15, 0.2) is 24.3 Å². The number of benzene rings is 1. The summed E-state index contributed by atoms with van der Waals surface area (Å²) in [7, 11) is 0. The molecule has 20 heavy (non-hydrogen) atoms. The maximum absolute atomic E-state index is 12.6. The molecule has 1 fully saturated rings. The van der Waals surface area contributed by atoms with Crippen LogP contribution in [0.2, 0.25) is 0 Å². The molecule has 3 heteroatoms. The van der Waals surface area contributed by atoms with Crippen molar-refractivity contribution in [1.29, 1.82) is 0 Å². The summed E-state index contributed by atoms with van der Waals surface area (Å²) >= 11 is 0. The maximum atomic E-state index is 12.6. The van der Waals surface area contributed by atoms with E-state index >= 15 is 0 Å². The Balaban J connectivity index is 2.15. The molecule has 2 atom stereocenters. The van der Waals surface area contributed by atoms with Crippen LogP contribution in [0.3, 0.4) is 0 Å². The SMILES string of the molecule is CC(N)c1ccccc1NC(=O)C1CCCCC1(C)C. The van der Waals surface area contributed by atoms with Gasteiger partial charge in [-0.15, -0.1) is 0 Å². The van der Waals surface area contributed by atoms with Crippen LogP contribution in [0.25, 0.3) is 0 Å². The molecule has 2 unspecified atom stereocenters. The molecule has 110 valence electrons. The van der Waals surface area contributed by atoms with Crippen molar-refractivity contribution in [3.05, 3.63) is 29.8 Å². The van der Waals surface area contributed by atoms with Gasteiger partial charge < -0.3 is 11.1 Å². The van der Waals surface area contributed by atoms with Crippen molar-refractivity contribution in [1.82, 2.24) is 0 Å². The second kappa shape index (κ2) is 5.96. The molecule has 0 aliphatic heterocycles. The lowest BCUT2D eigenvalue weighted by Gasteiger charge is -2.37.